The lowest BCUT2D eigenvalue weighted by molar-refractivity contribution is -0.385. The number of nitrogens with one attached hydrogen (secondary N) is 1. The van der Waals surface area contributed by atoms with Gasteiger partial charge in [0.05, 0.1) is 40.0 Å². The molecule has 0 saturated carbocycles. The smallest absolute Gasteiger partial charge is 0.307 e. The van der Waals surface area contributed by atoms with E-state index < -0.39 is 4.92 Å². The molecule has 1 N–H and O–H groups in total. The lowest BCUT2D eigenvalue weighted by Crippen LogP contribution is -2.12. The Labute approximate surface area is 188 Å². The summed E-state index contributed by atoms with van der Waals surface area (Å²) in [4.78, 5) is 23.7. The van der Waals surface area contributed by atoms with Gasteiger partial charge in [-0.1, -0.05) is 24.3 Å². The highest BCUT2D eigenvalue weighted by molar-refractivity contribution is 7.12. The van der Waals surface area contributed by atoms with Crippen LogP contribution in [0.25, 0.3) is 0 Å². The molecule has 9 nitrogen and oxygen atoms in total. The van der Waals surface area contributed by atoms with E-state index in [4.69, 9.17) is 0 Å². The van der Waals surface area contributed by atoms with E-state index in [0.717, 1.165) is 17.0 Å². The van der Waals surface area contributed by atoms with Gasteiger partial charge in [-0.3, -0.25) is 24.3 Å². The van der Waals surface area contributed by atoms with Crippen molar-refractivity contribution >= 4 is 28.6 Å². The van der Waals surface area contributed by atoms with Gasteiger partial charge < -0.3 is 5.32 Å². The Morgan fingerprint density at radius 3 is 2.72 bits per heavy atom. The zero-order chi connectivity index (χ0) is 22.8. The van der Waals surface area contributed by atoms with Gasteiger partial charge in [0.25, 0.3) is 5.91 Å². The van der Waals surface area contributed by atoms with E-state index >= 15 is 0 Å². The van der Waals surface area contributed by atoms with Crippen LogP contribution in [0.15, 0.2) is 48.1 Å². The Morgan fingerprint density at radius 1 is 1.22 bits per heavy atom. The lowest BCUT2D eigenvalue weighted by Gasteiger charge is -2.08. The third kappa shape index (κ3) is 4.45. The van der Waals surface area contributed by atoms with Gasteiger partial charge in [-0.05, 0) is 48.9 Å². The maximum Gasteiger partial charge on any atom is 0.307 e. The molecule has 0 bridgehead atoms. The van der Waals surface area contributed by atoms with E-state index in [1.54, 1.807) is 6.07 Å². The molecule has 3 aromatic heterocycles. The van der Waals surface area contributed by atoms with Crippen LogP contribution >= 0.6 is 11.3 Å². The summed E-state index contributed by atoms with van der Waals surface area (Å²) in [5, 5.41) is 24.2. The molecule has 0 aliphatic heterocycles. The average molecular weight is 451 g/mol. The highest BCUT2D eigenvalue weighted by atomic mass is 32.1. The van der Waals surface area contributed by atoms with Crippen molar-refractivity contribution in [3.05, 3.63) is 91.2 Å². The van der Waals surface area contributed by atoms with Crippen LogP contribution in [0.3, 0.4) is 0 Å². The molecule has 4 aromatic rings. The molecular formula is C22H22N6O3S. The minimum atomic E-state index is -0.486. The van der Waals surface area contributed by atoms with Crippen LogP contribution in [0.4, 0.5) is 11.4 Å². The normalized spacial score (nSPS) is 11.0. The van der Waals surface area contributed by atoms with Crippen molar-refractivity contribution in [1.82, 2.24) is 19.6 Å². The Morgan fingerprint density at radius 2 is 2.00 bits per heavy atom. The van der Waals surface area contributed by atoms with E-state index in [0.29, 0.717) is 23.7 Å². The van der Waals surface area contributed by atoms with Gasteiger partial charge in [0.1, 0.15) is 12.4 Å². The second-order valence-electron chi connectivity index (χ2n) is 7.56. The van der Waals surface area contributed by atoms with Crippen LogP contribution in [-0.2, 0) is 13.1 Å². The monoisotopic (exact) mass is 450 g/mol. The van der Waals surface area contributed by atoms with Crippen molar-refractivity contribution in [2.75, 3.05) is 5.32 Å². The topological polar surface area (TPSA) is 108 Å². The van der Waals surface area contributed by atoms with Crippen molar-refractivity contribution in [3.8, 4) is 0 Å². The fraction of sp³-hybridized carbons (Fsp3) is 0.227. The molecule has 0 saturated heterocycles. The predicted octanol–water partition coefficient (Wildman–Crippen LogP) is 4.32. The fourth-order valence-corrected chi connectivity index (χ4v) is 4.25. The number of carbonyl (C=O) groups is 1. The van der Waals surface area contributed by atoms with E-state index in [1.165, 1.54) is 39.5 Å². The summed E-state index contributed by atoms with van der Waals surface area (Å²) in [5.74, 6) is -0.214. The minimum Gasteiger partial charge on any atom is -0.318 e. The summed E-state index contributed by atoms with van der Waals surface area (Å²) in [6.45, 7) is 6.87. The number of hydrogen-bond donors (Lipinski definition) is 1. The van der Waals surface area contributed by atoms with E-state index in [9.17, 15) is 14.9 Å². The number of benzene rings is 1. The SMILES string of the molecule is Cc1ccccc1Cn1nc(C)c(NC(=O)c2cc(Cn3cc([N+](=O)[O-])cn3)cs2)c1C. The Balaban J connectivity index is 1.47. The van der Waals surface area contributed by atoms with Crippen LogP contribution in [-0.4, -0.2) is 30.4 Å². The molecule has 0 atom stereocenters. The number of thiophene rings is 1. The summed E-state index contributed by atoms with van der Waals surface area (Å²) in [7, 11) is 0. The number of carbonyl (C=O) groups excluding carboxylic acids is 1. The van der Waals surface area contributed by atoms with Gasteiger partial charge in [0, 0.05) is 0 Å². The number of rotatable bonds is 7. The standard InChI is InChI=1S/C22H22N6O3S/c1-14-6-4-5-7-18(14)11-27-16(3)21(15(2)25-27)24-22(29)20-8-17(13-32-20)10-26-12-19(9-23-26)28(30)31/h4-9,12-13H,10-11H2,1-3H3,(H,24,29). The Hall–Kier alpha value is -3.79. The van der Waals surface area contributed by atoms with Gasteiger partial charge in [-0.15, -0.1) is 11.3 Å². The van der Waals surface area contributed by atoms with Crippen molar-refractivity contribution in [1.29, 1.82) is 0 Å². The molecule has 0 spiro atoms. The Bertz CT molecular complexity index is 1300. The molecule has 32 heavy (non-hydrogen) atoms. The molecule has 164 valence electrons. The summed E-state index contributed by atoms with van der Waals surface area (Å²) >= 11 is 1.32. The summed E-state index contributed by atoms with van der Waals surface area (Å²) in [6.07, 6.45) is 2.58. The number of aromatic nitrogens is 4. The van der Waals surface area contributed by atoms with Crippen LogP contribution in [0.2, 0.25) is 0 Å². The number of aryl methyl sites for hydroxylation is 2. The quantitative estimate of drug-likeness (QED) is 0.333. The lowest BCUT2D eigenvalue weighted by atomic mass is 10.1. The fourth-order valence-electron chi connectivity index (χ4n) is 3.45. The zero-order valence-corrected chi connectivity index (χ0v) is 18.7. The van der Waals surface area contributed by atoms with E-state index in [2.05, 4.69) is 34.6 Å². The van der Waals surface area contributed by atoms with Gasteiger partial charge in [0.15, 0.2) is 0 Å². The molecular weight excluding hydrogens is 428 g/mol. The molecule has 1 aromatic carbocycles. The first-order valence-corrected chi connectivity index (χ1v) is 10.8. The number of anilines is 1. The first-order chi connectivity index (χ1) is 15.3. The van der Waals surface area contributed by atoms with Crippen molar-refractivity contribution in [3.63, 3.8) is 0 Å². The second-order valence-corrected chi connectivity index (χ2v) is 8.47. The number of amides is 1. The first-order valence-electron chi connectivity index (χ1n) is 9.96. The zero-order valence-electron chi connectivity index (χ0n) is 17.9. The van der Waals surface area contributed by atoms with Gasteiger partial charge in [0.2, 0.25) is 0 Å². The van der Waals surface area contributed by atoms with Crippen LogP contribution in [0, 0.1) is 30.9 Å². The summed E-state index contributed by atoms with van der Waals surface area (Å²) < 4.78 is 3.38. The van der Waals surface area contributed by atoms with Gasteiger partial charge in [-0.2, -0.15) is 10.2 Å². The Kier molecular flexibility index (Phi) is 5.87. The molecule has 3 heterocycles. The average Bonchev–Trinajstić information content (AvgIpc) is 3.47. The minimum absolute atomic E-state index is 0.0631. The maximum absolute atomic E-state index is 12.8. The second kappa shape index (κ2) is 8.75. The molecule has 1 amide bonds. The van der Waals surface area contributed by atoms with Crippen molar-refractivity contribution < 1.29 is 9.72 Å². The number of nitro groups is 1. The van der Waals surface area contributed by atoms with Gasteiger partial charge >= 0.3 is 5.69 Å². The van der Waals surface area contributed by atoms with Crippen LogP contribution in [0.1, 0.15) is 37.7 Å². The van der Waals surface area contributed by atoms with E-state index in [1.807, 2.05) is 36.0 Å². The van der Waals surface area contributed by atoms with Gasteiger partial charge in [-0.25, -0.2) is 0 Å². The highest BCUT2D eigenvalue weighted by Crippen LogP contribution is 2.24. The molecule has 10 heteroatoms. The number of hydrogen-bond acceptors (Lipinski definition) is 6. The molecule has 0 unspecified atom stereocenters. The van der Waals surface area contributed by atoms with Crippen LogP contribution < -0.4 is 5.32 Å². The van der Waals surface area contributed by atoms with Crippen molar-refractivity contribution in [2.24, 2.45) is 0 Å². The highest BCUT2D eigenvalue weighted by Gasteiger charge is 2.17. The number of nitrogens with zero attached hydrogens (tertiary/aromatic N) is 5. The summed E-state index contributed by atoms with van der Waals surface area (Å²) in [6, 6.07) is 9.93. The molecule has 4 rings (SSSR count). The third-order valence-electron chi connectivity index (χ3n) is 5.25. The van der Waals surface area contributed by atoms with Crippen molar-refractivity contribution in [2.45, 2.75) is 33.9 Å². The molecule has 0 aliphatic carbocycles. The predicted molar refractivity (Wildman–Crippen MR) is 122 cm³/mol. The molecule has 0 radical (unpaired) electrons. The largest absolute Gasteiger partial charge is 0.318 e. The maximum atomic E-state index is 12.8. The molecule has 0 fully saturated rings. The van der Waals surface area contributed by atoms with Crippen LogP contribution in [0.5, 0.6) is 0 Å². The third-order valence-corrected chi connectivity index (χ3v) is 6.23. The molecule has 0 aliphatic rings. The van der Waals surface area contributed by atoms with E-state index in [-0.39, 0.29) is 11.6 Å². The summed E-state index contributed by atoms with van der Waals surface area (Å²) in [5.41, 5.74) is 5.51. The first kappa shape index (κ1) is 21.4.